The fourth-order valence-corrected chi connectivity index (χ4v) is 4.83. The van der Waals surface area contributed by atoms with Crippen LogP contribution < -0.4 is 4.74 Å². The molecule has 0 atom stereocenters. The highest BCUT2D eigenvalue weighted by Gasteiger charge is 2.25. The van der Waals surface area contributed by atoms with Gasteiger partial charge in [-0.2, -0.15) is 0 Å². The van der Waals surface area contributed by atoms with Gasteiger partial charge in [-0.15, -0.1) is 0 Å². The summed E-state index contributed by atoms with van der Waals surface area (Å²) < 4.78 is 35.6. The molecule has 0 unspecified atom stereocenters. The lowest BCUT2D eigenvalue weighted by Crippen LogP contribution is -2.13. The molecule has 0 amide bonds. The monoisotopic (exact) mass is 442 g/mol. The van der Waals surface area contributed by atoms with Gasteiger partial charge in [-0.3, -0.25) is 0 Å². The topological polar surface area (TPSA) is 9.23 Å². The van der Waals surface area contributed by atoms with Gasteiger partial charge in [0, 0.05) is 5.56 Å². The lowest BCUT2D eigenvalue weighted by molar-refractivity contribution is 0.304. The second-order valence-electron chi connectivity index (χ2n) is 9.63. The molecule has 0 heterocycles. The van der Waals surface area contributed by atoms with E-state index in [2.05, 4.69) is 13.8 Å². The van der Waals surface area contributed by atoms with Crippen molar-refractivity contribution in [2.75, 3.05) is 6.61 Å². The number of rotatable bonds is 12. The summed E-state index contributed by atoms with van der Waals surface area (Å²) in [6.07, 6.45) is 14.2. The van der Waals surface area contributed by atoms with Crippen molar-refractivity contribution >= 4 is 0 Å². The summed E-state index contributed by atoms with van der Waals surface area (Å²) in [5, 5.41) is 0. The molecule has 1 saturated carbocycles. The van der Waals surface area contributed by atoms with Crippen molar-refractivity contribution in [3.05, 3.63) is 53.6 Å². The van der Waals surface area contributed by atoms with Crippen LogP contribution in [-0.2, 0) is 0 Å². The lowest BCUT2D eigenvalue weighted by Gasteiger charge is -2.27. The van der Waals surface area contributed by atoms with E-state index in [0.717, 1.165) is 37.9 Å². The standard InChI is InChI=1S/C29H40F2O/c1-3-4-5-6-7-8-9-10-21-32-25-17-15-24(16-18-25)27-20-19-26(28(30)29(27)31)23-13-11-22(2)12-14-23/h15-20,22-23H,3-14,21H2,1-2H3. The second-order valence-corrected chi connectivity index (χ2v) is 9.63. The molecule has 2 aromatic rings. The van der Waals surface area contributed by atoms with Crippen molar-refractivity contribution in [2.45, 2.75) is 96.8 Å². The number of halogens is 2. The molecule has 2 aromatic carbocycles. The predicted octanol–water partition coefficient (Wildman–Crippen LogP) is 9.44. The number of hydrogen-bond acceptors (Lipinski definition) is 1. The minimum Gasteiger partial charge on any atom is -0.494 e. The predicted molar refractivity (Wildman–Crippen MR) is 130 cm³/mol. The first kappa shape index (κ1) is 24.7. The normalized spacial score (nSPS) is 18.6. The largest absolute Gasteiger partial charge is 0.494 e. The summed E-state index contributed by atoms with van der Waals surface area (Å²) >= 11 is 0. The highest BCUT2D eigenvalue weighted by molar-refractivity contribution is 5.65. The Labute approximate surface area is 193 Å². The van der Waals surface area contributed by atoms with Crippen LogP contribution in [0.15, 0.2) is 36.4 Å². The summed E-state index contributed by atoms with van der Waals surface area (Å²) in [5.41, 5.74) is 1.55. The second kappa shape index (κ2) is 13.0. The van der Waals surface area contributed by atoms with Gasteiger partial charge in [0.05, 0.1) is 6.61 Å². The van der Waals surface area contributed by atoms with Crippen molar-refractivity contribution in [1.29, 1.82) is 0 Å². The molecule has 3 rings (SSSR count). The van der Waals surface area contributed by atoms with Gasteiger partial charge in [0.2, 0.25) is 0 Å². The Hall–Kier alpha value is -1.90. The summed E-state index contributed by atoms with van der Waals surface area (Å²) in [6.45, 7) is 5.18. The van der Waals surface area contributed by atoms with Crippen molar-refractivity contribution in [3.8, 4) is 16.9 Å². The molecular weight excluding hydrogens is 402 g/mol. The van der Waals surface area contributed by atoms with Crippen LogP contribution in [0.1, 0.15) is 102 Å². The zero-order valence-corrected chi connectivity index (χ0v) is 20.0. The van der Waals surface area contributed by atoms with Crippen LogP contribution in [0.2, 0.25) is 0 Å². The Morgan fingerprint density at radius 2 is 1.38 bits per heavy atom. The summed E-state index contributed by atoms with van der Waals surface area (Å²) in [7, 11) is 0. The van der Waals surface area contributed by atoms with Crippen LogP contribution in [0, 0.1) is 17.6 Å². The summed E-state index contributed by atoms with van der Waals surface area (Å²) in [5.74, 6) is 0.216. The Morgan fingerprint density at radius 1 is 0.750 bits per heavy atom. The molecular formula is C29H40F2O. The number of benzene rings is 2. The fourth-order valence-electron chi connectivity index (χ4n) is 4.83. The smallest absolute Gasteiger partial charge is 0.166 e. The zero-order valence-electron chi connectivity index (χ0n) is 20.0. The van der Waals surface area contributed by atoms with Gasteiger partial charge in [-0.1, -0.05) is 95.9 Å². The first-order valence-corrected chi connectivity index (χ1v) is 12.8. The summed E-state index contributed by atoms with van der Waals surface area (Å²) in [4.78, 5) is 0. The SMILES string of the molecule is CCCCCCCCCCOc1ccc(-c2ccc(C3CCC(C)CC3)c(F)c2F)cc1. The van der Waals surface area contributed by atoms with E-state index in [4.69, 9.17) is 4.74 Å². The molecule has 0 aliphatic heterocycles. The molecule has 0 radical (unpaired) electrons. The number of hydrogen-bond donors (Lipinski definition) is 0. The molecule has 0 aromatic heterocycles. The van der Waals surface area contributed by atoms with Crippen LogP contribution in [-0.4, -0.2) is 6.61 Å². The van der Waals surface area contributed by atoms with Gasteiger partial charge < -0.3 is 4.74 Å². The van der Waals surface area contributed by atoms with Crippen LogP contribution in [0.25, 0.3) is 11.1 Å². The van der Waals surface area contributed by atoms with Crippen molar-refractivity contribution in [3.63, 3.8) is 0 Å². The molecule has 0 saturated heterocycles. The molecule has 1 aliphatic rings. The van der Waals surface area contributed by atoms with Gasteiger partial charge in [0.1, 0.15) is 5.75 Å². The van der Waals surface area contributed by atoms with Crippen molar-refractivity contribution in [2.24, 2.45) is 5.92 Å². The molecule has 1 aliphatic carbocycles. The van der Waals surface area contributed by atoms with Gasteiger partial charge >= 0.3 is 0 Å². The van der Waals surface area contributed by atoms with E-state index in [1.54, 1.807) is 12.1 Å². The van der Waals surface area contributed by atoms with Gasteiger partial charge in [-0.05, 0) is 54.4 Å². The van der Waals surface area contributed by atoms with Gasteiger partial charge in [-0.25, -0.2) is 8.78 Å². The van der Waals surface area contributed by atoms with Crippen LogP contribution in [0.4, 0.5) is 8.78 Å². The first-order valence-electron chi connectivity index (χ1n) is 12.8. The minimum atomic E-state index is -0.728. The lowest BCUT2D eigenvalue weighted by atomic mass is 9.79. The molecule has 176 valence electrons. The minimum absolute atomic E-state index is 0.141. The molecule has 1 nitrogen and oxygen atoms in total. The number of unbranched alkanes of at least 4 members (excludes halogenated alkanes) is 7. The third-order valence-electron chi connectivity index (χ3n) is 7.00. The maximum absolute atomic E-state index is 14.9. The Morgan fingerprint density at radius 3 is 2.03 bits per heavy atom. The molecule has 0 bridgehead atoms. The van der Waals surface area contributed by atoms with E-state index in [-0.39, 0.29) is 5.92 Å². The van der Waals surface area contributed by atoms with E-state index in [1.807, 2.05) is 24.3 Å². The summed E-state index contributed by atoms with van der Waals surface area (Å²) in [6, 6.07) is 10.9. The van der Waals surface area contributed by atoms with Crippen LogP contribution in [0.5, 0.6) is 5.75 Å². The van der Waals surface area contributed by atoms with E-state index >= 15 is 0 Å². The van der Waals surface area contributed by atoms with E-state index in [0.29, 0.717) is 29.2 Å². The van der Waals surface area contributed by atoms with Crippen LogP contribution >= 0.6 is 0 Å². The molecule has 32 heavy (non-hydrogen) atoms. The molecule has 1 fully saturated rings. The Kier molecular flexibility index (Phi) is 10.0. The van der Waals surface area contributed by atoms with Crippen molar-refractivity contribution < 1.29 is 13.5 Å². The Bertz CT molecular complexity index is 807. The first-order chi connectivity index (χ1) is 15.6. The average molecular weight is 443 g/mol. The quantitative estimate of drug-likeness (QED) is 0.297. The maximum Gasteiger partial charge on any atom is 0.166 e. The van der Waals surface area contributed by atoms with Gasteiger partial charge in [0.15, 0.2) is 11.6 Å². The third-order valence-corrected chi connectivity index (χ3v) is 7.00. The maximum atomic E-state index is 14.9. The fraction of sp³-hybridized carbons (Fsp3) is 0.586. The molecule has 0 spiro atoms. The highest BCUT2D eigenvalue weighted by atomic mass is 19.2. The molecule has 3 heteroatoms. The van der Waals surface area contributed by atoms with Crippen molar-refractivity contribution in [1.82, 2.24) is 0 Å². The average Bonchev–Trinajstić information content (AvgIpc) is 2.81. The molecule has 0 N–H and O–H groups in total. The van der Waals surface area contributed by atoms with Crippen LogP contribution in [0.3, 0.4) is 0 Å². The third kappa shape index (κ3) is 7.05. The van der Waals surface area contributed by atoms with Gasteiger partial charge in [0.25, 0.3) is 0 Å². The van der Waals surface area contributed by atoms with E-state index < -0.39 is 11.6 Å². The number of ether oxygens (including phenoxy) is 1. The van der Waals surface area contributed by atoms with E-state index in [1.165, 1.54) is 44.9 Å². The van der Waals surface area contributed by atoms with E-state index in [9.17, 15) is 8.78 Å². The zero-order chi connectivity index (χ0) is 22.8. The Balaban J connectivity index is 1.48. The highest BCUT2D eigenvalue weighted by Crippen LogP contribution is 2.38.